The molecular formula is C13H16F2O2. The van der Waals surface area contributed by atoms with Gasteiger partial charge in [0.25, 0.3) is 0 Å². The molecule has 17 heavy (non-hydrogen) atoms. The van der Waals surface area contributed by atoms with E-state index in [1.165, 1.54) is 6.07 Å². The molecule has 0 spiro atoms. The van der Waals surface area contributed by atoms with Gasteiger partial charge in [-0.25, -0.2) is 8.78 Å². The number of halogens is 2. The summed E-state index contributed by atoms with van der Waals surface area (Å²) in [5, 5.41) is 10.2. The van der Waals surface area contributed by atoms with Gasteiger partial charge in [0.2, 0.25) is 0 Å². The molecule has 0 amide bonds. The Balaban J connectivity index is 1.97. The van der Waals surface area contributed by atoms with Crippen LogP contribution in [0.15, 0.2) is 18.2 Å². The summed E-state index contributed by atoms with van der Waals surface area (Å²) in [6.45, 7) is 0.0650. The largest absolute Gasteiger partial charge is 0.488 e. The van der Waals surface area contributed by atoms with Crippen LogP contribution < -0.4 is 4.74 Å². The van der Waals surface area contributed by atoms with Crippen LogP contribution in [-0.2, 0) is 0 Å². The van der Waals surface area contributed by atoms with E-state index in [1.807, 2.05) is 0 Å². The van der Waals surface area contributed by atoms with Crippen molar-refractivity contribution < 1.29 is 18.6 Å². The lowest BCUT2D eigenvalue weighted by atomic mass is 9.85. The maximum Gasteiger partial charge on any atom is 0.167 e. The predicted octanol–water partition coefficient (Wildman–Crippen LogP) is 3.04. The lowest BCUT2D eigenvalue weighted by molar-refractivity contribution is -0.0347. The summed E-state index contributed by atoms with van der Waals surface area (Å²) in [5.41, 5.74) is -0.862. The molecule has 0 bridgehead atoms. The molecule has 1 saturated carbocycles. The summed E-state index contributed by atoms with van der Waals surface area (Å²) < 4.78 is 31.2. The van der Waals surface area contributed by atoms with Crippen LogP contribution in [0.4, 0.5) is 8.78 Å². The van der Waals surface area contributed by atoms with Crippen LogP contribution >= 0.6 is 0 Å². The molecule has 1 aromatic rings. The summed E-state index contributed by atoms with van der Waals surface area (Å²) in [7, 11) is 0. The maximum absolute atomic E-state index is 13.3. The van der Waals surface area contributed by atoms with Crippen molar-refractivity contribution in [1.29, 1.82) is 0 Å². The minimum atomic E-state index is -0.862. The lowest BCUT2D eigenvalue weighted by Gasteiger charge is -2.31. The molecule has 0 saturated heterocycles. The second kappa shape index (κ2) is 5.00. The van der Waals surface area contributed by atoms with E-state index in [1.54, 1.807) is 0 Å². The summed E-state index contributed by atoms with van der Waals surface area (Å²) in [6.07, 6.45) is 4.40. The van der Waals surface area contributed by atoms with E-state index >= 15 is 0 Å². The summed E-state index contributed by atoms with van der Waals surface area (Å²) >= 11 is 0. The monoisotopic (exact) mass is 242 g/mol. The fourth-order valence-electron chi connectivity index (χ4n) is 2.16. The maximum atomic E-state index is 13.3. The topological polar surface area (TPSA) is 29.5 Å². The number of hydrogen-bond donors (Lipinski definition) is 1. The highest BCUT2D eigenvalue weighted by atomic mass is 19.1. The van der Waals surface area contributed by atoms with Gasteiger partial charge < -0.3 is 9.84 Å². The molecule has 0 unspecified atom stereocenters. The van der Waals surface area contributed by atoms with Gasteiger partial charge in [-0.15, -0.1) is 0 Å². The molecule has 0 heterocycles. The molecular weight excluding hydrogens is 226 g/mol. The van der Waals surface area contributed by atoms with Gasteiger partial charge in [-0.3, -0.25) is 0 Å². The van der Waals surface area contributed by atoms with Crippen molar-refractivity contribution in [2.24, 2.45) is 0 Å². The van der Waals surface area contributed by atoms with Crippen molar-refractivity contribution in [1.82, 2.24) is 0 Å². The first kappa shape index (κ1) is 12.3. The number of benzene rings is 1. The SMILES string of the molecule is OC1(COc2ccc(F)cc2F)CCCCC1. The van der Waals surface area contributed by atoms with Crippen LogP contribution in [0.5, 0.6) is 5.75 Å². The molecule has 4 heteroatoms. The Hall–Kier alpha value is -1.16. The number of ether oxygens (including phenoxy) is 1. The predicted molar refractivity (Wildman–Crippen MR) is 59.9 cm³/mol. The highest BCUT2D eigenvalue weighted by Crippen LogP contribution is 2.29. The molecule has 1 aromatic carbocycles. The quantitative estimate of drug-likeness (QED) is 0.882. The standard InChI is InChI=1S/C13H16F2O2/c14-10-4-5-12(11(15)8-10)17-9-13(16)6-2-1-3-7-13/h4-5,8,16H,1-3,6-7,9H2. The summed E-state index contributed by atoms with van der Waals surface area (Å²) in [5.74, 6) is -1.37. The Morgan fingerprint density at radius 3 is 2.53 bits per heavy atom. The Morgan fingerprint density at radius 2 is 1.88 bits per heavy atom. The molecule has 1 aliphatic carbocycles. The smallest absolute Gasteiger partial charge is 0.167 e. The van der Waals surface area contributed by atoms with E-state index in [4.69, 9.17) is 4.74 Å². The third kappa shape index (κ3) is 3.16. The van der Waals surface area contributed by atoms with E-state index < -0.39 is 17.2 Å². The van der Waals surface area contributed by atoms with Crippen LogP contribution in [-0.4, -0.2) is 17.3 Å². The molecule has 1 aliphatic rings. The van der Waals surface area contributed by atoms with E-state index in [-0.39, 0.29) is 12.4 Å². The molecule has 2 rings (SSSR count). The van der Waals surface area contributed by atoms with Crippen LogP contribution in [0.2, 0.25) is 0 Å². The van der Waals surface area contributed by atoms with E-state index in [0.717, 1.165) is 31.4 Å². The first-order valence-corrected chi connectivity index (χ1v) is 5.89. The van der Waals surface area contributed by atoms with Gasteiger partial charge >= 0.3 is 0 Å². The van der Waals surface area contributed by atoms with Crippen LogP contribution in [0.25, 0.3) is 0 Å². The number of rotatable bonds is 3. The minimum absolute atomic E-state index is 0.00889. The summed E-state index contributed by atoms with van der Waals surface area (Å²) in [6, 6.07) is 3.17. The molecule has 0 aliphatic heterocycles. The van der Waals surface area contributed by atoms with Crippen molar-refractivity contribution in [2.45, 2.75) is 37.7 Å². The van der Waals surface area contributed by atoms with Crippen molar-refractivity contribution in [3.63, 3.8) is 0 Å². The highest BCUT2D eigenvalue weighted by molar-refractivity contribution is 5.24. The van der Waals surface area contributed by atoms with Crippen molar-refractivity contribution in [3.05, 3.63) is 29.8 Å². The zero-order valence-corrected chi connectivity index (χ0v) is 9.59. The fraction of sp³-hybridized carbons (Fsp3) is 0.538. The fourth-order valence-corrected chi connectivity index (χ4v) is 2.16. The van der Waals surface area contributed by atoms with Gasteiger partial charge in [0.15, 0.2) is 11.6 Å². The van der Waals surface area contributed by atoms with Crippen molar-refractivity contribution in [2.75, 3.05) is 6.61 Å². The van der Waals surface area contributed by atoms with Gasteiger partial charge in [0, 0.05) is 6.07 Å². The molecule has 0 atom stereocenters. The van der Waals surface area contributed by atoms with Gasteiger partial charge in [-0.05, 0) is 25.0 Å². The van der Waals surface area contributed by atoms with Crippen LogP contribution in [0.3, 0.4) is 0 Å². The normalized spacial score (nSPS) is 19.0. The first-order valence-electron chi connectivity index (χ1n) is 5.89. The van der Waals surface area contributed by atoms with E-state index in [2.05, 4.69) is 0 Å². The highest BCUT2D eigenvalue weighted by Gasteiger charge is 2.30. The molecule has 1 N–H and O–H groups in total. The van der Waals surface area contributed by atoms with Gasteiger partial charge in [0.05, 0.1) is 5.60 Å². The average molecular weight is 242 g/mol. The Labute approximate surface area is 99.2 Å². The van der Waals surface area contributed by atoms with Crippen molar-refractivity contribution in [3.8, 4) is 5.75 Å². The third-order valence-corrected chi connectivity index (χ3v) is 3.17. The Morgan fingerprint density at radius 1 is 1.18 bits per heavy atom. The average Bonchev–Trinajstić information content (AvgIpc) is 2.29. The molecule has 2 nitrogen and oxygen atoms in total. The zero-order valence-electron chi connectivity index (χ0n) is 9.59. The van der Waals surface area contributed by atoms with E-state index in [9.17, 15) is 13.9 Å². The van der Waals surface area contributed by atoms with E-state index in [0.29, 0.717) is 12.8 Å². The van der Waals surface area contributed by atoms with Gasteiger partial charge in [-0.1, -0.05) is 19.3 Å². The second-order valence-corrected chi connectivity index (χ2v) is 4.65. The summed E-state index contributed by atoms with van der Waals surface area (Å²) in [4.78, 5) is 0. The minimum Gasteiger partial charge on any atom is -0.488 e. The number of aliphatic hydroxyl groups is 1. The van der Waals surface area contributed by atoms with Gasteiger partial charge in [0.1, 0.15) is 12.4 Å². The Bertz CT molecular complexity index is 387. The Kier molecular flexibility index (Phi) is 3.62. The number of hydrogen-bond acceptors (Lipinski definition) is 2. The lowest BCUT2D eigenvalue weighted by Crippen LogP contribution is -2.38. The molecule has 0 aromatic heterocycles. The van der Waals surface area contributed by atoms with Gasteiger partial charge in [-0.2, -0.15) is 0 Å². The zero-order chi connectivity index (χ0) is 12.3. The van der Waals surface area contributed by atoms with Crippen molar-refractivity contribution >= 4 is 0 Å². The first-order chi connectivity index (χ1) is 8.09. The molecule has 1 fully saturated rings. The van der Waals surface area contributed by atoms with Crippen LogP contribution in [0.1, 0.15) is 32.1 Å². The second-order valence-electron chi connectivity index (χ2n) is 4.65. The third-order valence-electron chi connectivity index (χ3n) is 3.17. The molecule has 0 radical (unpaired) electrons. The van der Waals surface area contributed by atoms with Crippen LogP contribution in [0, 0.1) is 11.6 Å². The molecule has 94 valence electrons.